The monoisotopic (exact) mass is 405 g/mol. The van der Waals surface area contributed by atoms with Gasteiger partial charge in [0.15, 0.2) is 9.84 Å². The molecule has 0 aliphatic carbocycles. The third kappa shape index (κ3) is 3.87. The Balaban J connectivity index is 2.25. The first-order valence-corrected chi connectivity index (χ1v) is 10.9. The Labute approximate surface area is 162 Å². The van der Waals surface area contributed by atoms with Crippen LogP contribution in [0.3, 0.4) is 0 Å². The van der Waals surface area contributed by atoms with E-state index in [2.05, 4.69) is 4.98 Å². The van der Waals surface area contributed by atoms with Crippen LogP contribution in [0.5, 0.6) is 0 Å². The maximum absolute atomic E-state index is 11.8. The van der Waals surface area contributed by atoms with Crippen LogP contribution in [0, 0.1) is 0 Å². The molecule has 2 N–H and O–H groups in total. The van der Waals surface area contributed by atoms with Gasteiger partial charge in [-0.2, -0.15) is 0 Å². The topological polar surface area (TPSA) is 87.2 Å². The summed E-state index contributed by atoms with van der Waals surface area (Å²) >= 11 is 6.30. The number of H-pyrrole nitrogens is 1. The summed E-state index contributed by atoms with van der Waals surface area (Å²) in [6.07, 6.45) is 1.15. The minimum absolute atomic E-state index is 0.0880. The number of rotatable bonds is 5. The van der Waals surface area contributed by atoms with E-state index < -0.39 is 15.8 Å². The van der Waals surface area contributed by atoms with Gasteiger partial charge in [0, 0.05) is 22.2 Å². The lowest BCUT2D eigenvalue weighted by Gasteiger charge is -2.09. The number of aromatic carboxylic acids is 1. The summed E-state index contributed by atoms with van der Waals surface area (Å²) in [4.78, 5) is 14.9. The molecule has 1 aromatic heterocycles. The van der Waals surface area contributed by atoms with Crippen LogP contribution in [0.1, 0.15) is 41.4 Å². The average Bonchev–Trinajstić information content (AvgIpc) is 2.95. The molecule has 0 atom stereocenters. The number of fused-ring (bicyclic) bond motifs is 1. The molecule has 3 aromatic rings. The molecule has 1 heterocycles. The summed E-state index contributed by atoms with van der Waals surface area (Å²) in [5.74, 6) is -1.00. The van der Waals surface area contributed by atoms with Crippen molar-refractivity contribution in [3.05, 3.63) is 58.2 Å². The first kappa shape index (κ1) is 19.5. The third-order valence-corrected chi connectivity index (χ3v) is 5.65. The first-order valence-electron chi connectivity index (χ1n) is 8.43. The molecule has 0 aliphatic heterocycles. The van der Waals surface area contributed by atoms with Crippen molar-refractivity contribution in [2.75, 3.05) is 6.26 Å². The van der Waals surface area contributed by atoms with Gasteiger partial charge < -0.3 is 10.1 Å². The van der Waals surface area contributed by atoms with E-state index in [1.807, 2.05) is 32.0 Å². The highest BCUT2D eigenvalue weighted by Crippen LogP contribution is 2.37. The third-order valence-electron chi connectivity index (χ3n) is 4.46. The quantitative estimate of drug-likeness (QED) is 0.634. The van der Waals surface area contributed by atoms with E-state index in [0.29, 0.717) is 21.7 Å². The number of aromatic nitrogens is 1. The van der Waals surface area contributed by atoms with Crippen LogP contribution in [0.2, 0.25) is 5.02 Å². The van der Waals surface area contributed by atoms with Gasteiger partial charge in [-0.3, -0.25) is 0 Å². The van der Waals surface area contributed by atoms with Crippen molar-refractivity contribution in [1.82, 2.24) is 4.98 Å². The Morgan fingerprint density at radius 1 is 1.22 bits per heavy atom. The van der Waals surface area contributed by atoms with E-state index in [1.54, 1.807) is 18.2 Å². The average molecular weight is 406 g/mol. The molecular formula is C20H20ClNO4S. The van der Waals surface area contributed by atoms with Crippen molar-refractivity contribution in [1.29, 1.82) is 0 Å². The highest BCUT2D eigenvalue weighted by Gasteiger charge is 2.21. The minimum atomic E-state index is -3.22. The second kappa shape index (κ2) is 7.02. The highest BCUT2D eigenvalue weighted by atomic mass is 35.5. The molecule has 0 spiro atoms. The smallest absolute Gasteiger partial charge is 0.352 e. The Morgan fingerprint density at radius 2 is 1.93 bits per heavy atom. The van der Waals surface area contributed by atoms with Gasteiger partial charge in [0.25, 0.3) is 0 Å². The molecule has 0 saturated carbocycles. The molecule has 0 fully saturated rings. The number of benzene rings is 2. The van der Waals surface area contributed by atoms with Gasteiger partial charge in [-0.15, -0.1) is 0 Å². The Bertz CT molecular complexity index is 1150. The fourth-order valence-corrected chi connectivity index (χ4v) is 4.43. The lowest BCUT2D eigenvalue weighted by atomic mass is 9.96. The van der Waals surface area contributed by atoms with Crippen LogP contribution < -0.4 is 0 Å². The number of carboxylic acid groups (broad SMARTS) is 1. The van der Waals surface area contributed by atoms with E-state index in [-0.39, 0.29) is 17.4 Å². The van der Waals surface area contributed by atoms with E-state index in [1.165, 1.54) is 0 Å². The summed E-state index contributed by atoms with van der Waals surface area (Å²) < 4.78 is 23.1. The standard InChI is InChI=1S/C20H20ClNO4S/c1-11(2)14-5-4-6-15-17(19(20(23)24)22-18(14)15)12-7-8-13(16(21)9-12)10-27(3,25)26/h4-9,11,22H,10H2,1-3H3,(H,23,24). The van der Waals surface area contributed by atoms with Gasteiger partial charge >= 0.3 is 5.97 Å². The Kier molecular flexibility index (Phi) is 5.06. The fraction of sp³-hybridized carbons (Fsp3) is 0.250. The number of sulfone groups is 1. The number of carboxylic acids is 1. The molecule has 142 valence electrons. The maximum atomic E-state index is 11.8. The first-order chi connectivity index (χ1) is 12.6. The second-order valence-corrected chi connectivity index (χ2v) is 9.53. The van der Waals surface area contributed by atoms with Crippen LogP contribution in [-0.2, 0) is 15.6 Å². The lowest BCUT2D eigenvalue weighted by molar-refractivity contribution is 0.0692. The van der Waals surface area contributed by atoms with Gasteiger partial charge in [-0.1, -0.05) is 55.8 Å². The van der Waals surface area contributed by atoms with Gasteiger partial charge in [-0.25, -0.2) is 13.2 Å². The van der Waals surface area contributed by atoms with Crippen molar-refractivity contribution in [3.63, 3.8) is 0 Å². The molecule has 3 rings (SSSR count). The molecule has 0 aliphatic rings. The Morgan fingerprint density at radius 3 is 2.48 bits per heavy atom. The molecule has 2 aromatic carbocycles. The van der Waals surface area contributed by atoms with Crippen LogP contribution in [-0.4, -0.2) is 30.7 Å². The fourth-order valence-electron chi connectivity index (χ4n) is 3.28. The van der Waals surface area contributed by atoms with E-state index >= 15 is 0 Å². The molecule has 5 nitrogen and oxygen atoms in total. The zero-order valence-corrected chi connectivity index (χ0v) is 16.8. The summed E-state index contributed by atoms with van der Waals surface area (Å²) in [6.45, 7) is 4.10. The second-order valence-electron chi connectivity index (χ2n) is 6.98. The number of nitrogens with one attached hydrogen (secondary N) is 1. The summed E-state index contributed by atoms with van der Waals surface area (Å²) in [6, 6.07) is 10.7. The highest BCUT2D eigenvalue weighted by molar-refractivity contribution is 7.89. The normalized spacial score (nSPS) is 12.0. The van der Waals surface area contributed by atoms with Gasteiger partial charge in [0.2, 0.25) is 0 Å². The number of halogens is 1. The molecule has 0 unspecified atom stereocenters. The summed E-state index contributed by atoms with van der Waals surface area (Å²) in [5.41, 5.74) is 3.57. The molecule has 27 heavy (non-hydrogen) atoms. The molecule has 0 radical (unpaired) electrons. The van der Waals surface area contributed by atoms with Crippen molar-refractivity contribution in [2.24, 2.45) is 0 Å². The molecule has 0 bridgehead atoms. The van der Waals surface area contributed by atoms with Crippen molar-refractivity contribution in [2.45, 2.75) is 25.5 Å². The van der Waals surface area contributed by atoms with Gasteiger partial charge in [-0.05, 0) is 28.7 Å². The minimum Gasteiger partial charge on any atom is -0.477 e. The van der Waals surface area contributed by atoms with E-state index in [9.17, 15) is 18.3 Å². The lowest BCUT2D eigenvalue weighted by Crippen LogP contribution is -2.02. The van der Waals surface area contributed by atoms with Crippen LogP contribution >= 0.6 is 11.6 Å². The largest absolute Gasteiger partial charge is 0.477 e. The predicted octanol–water partition coefficient (Wildman–Crippen LogP) is 4.85. The van der Waals surface area contributed by atoms with Crippen molar-refractivity contribution < 1.29 is 18.3 Å². The summed E-state index contributed by atoms with van der Waals surface area (Å²) in [7, 11) is -3.22. The maximum Gasteiger partial charge on any atom is 0.352 e. The van der Waals surface area contributed by atoms with Crippen molar-refractivity contribution >= 4 is 38.3 Å². The van der Waals surface area contributed by atoms with Crippen LogP contribution in [0.25, 0.3) is 22.0 Å². The van der Waals surface area contributed by atoms with E-state index in [4.69, 9.17) is 11.6 Å². The zero-order chi connectivity index (χ0) is 19.9. The number of aromatic amines is 1. The molecular weight excluding hydrogens is 386 g/mol. The summed E-state index contributed by atoms with van der Waals surface area (Å²) in [5, 5.41) is 10.8. The number of carbonyl (C=O) groups is 1. The number of hydrogen-bond acceptors (Lipinski definition) is 3. The van der Waals surface area contributed by atoms with Gasteiger partial charge in [0.1, 0.15) is 5.69 Å². The predicted molar refractivity (Wildman–Crippen MR) is 108 cm³/mol. The van der Waals surface area contributed by atoms with Crippen molar-refractivity contribution in [3.8, 4) is 11.1 Å². The number of hydrogen-bond donors (Lipinski definition) is 2. The molecule has 0 amide bonds. The molecule has 7 heteroatoms. The van der Waals surface area contributed by atoms with Crippen LogP contribution in [0.15, 0.2) is 36.4 Å². The number of para-hydroxylation sites is 1. The van der Waals surface area contributed by atoms with E-state index in [0.717, 1.165) is 22.7 Å². The zero-order valence-electron chi connectivity index (χ0n) is 15.2. The SMILES string of the molecule is CC(C)c1cccc2c(-c3ccc(CS(C)(=O)=O)c(Cl)c3)c(C(=O)O)[nH]c12. The Hall–Kier alpha value is -2.31. The molecule has 0 saturated heterocycles. The van der Waals surface area contributed by atoms with Gasteiger partial charge in [0.05, 0.1) is 11.3 Å². The van der Waals surface area contributed by atoms with Crippen LogP contribution in [0.4, 0.5) is 0 Å².